The second-order valence-electron chi connectivity index (χ2n) is 8.11. The van der Waals surface area contributed by atoms with Gasteiger partial charge in [0.25, 0.3) is 0 Å². The standard InChI is InChI=1S/C22H34Si2/c1-7-23(5,18-19(3)4)21-16-12-13-17-22(21)24(6,8-2)20-14-10-9-11-15-20/h9-17,19H,7-8,18H2,1-6H3/t23-,24+/m0/s1. The molecule has 2 aromatic rings. The molecule has 0 aliphatic heterocycles. The van der Waals surface area contributed by atoms with Crippen LogP contribution in [-0.2, 0) is 0 Å². The summed E-state index contributed by atoms with van der Waals surface area (Å²) in [6.07, 6.45) is 0. The third-order valence-electron chi connectivity index (χ3n) is 5.93. The van der Waals surface area contributed by atoms with Crippen LogP contribution in [0.2, 0.25) is 31.2 Å². The first-order valence-corrected chi connectivity index (χ1v) is 15.1. The first-order chi connectivity index (χ1) is 11.4. The van der Waals surface area contributed by atoms with Crippen molar-refractivity contribution in [2.24, 2.45) is 5.92 Å². The maximum Gasteiger partial charge on any atom is 0.114 e. The summed E-state index contributed by atoms with van der Waals surface area (Å²) in [5.41, 5.74) is 0. The van der Waals surface area contributed by atoms with Gasteiger partial charge in [0.15, 0.2) is 0 Å². The summed E-state index contributed by atoms with van der Waals surface area (Å²) in [4.78, 5) is 0. The summed E-state index contributed by atoms with van der Waals surface area (Å²) in [7, 11) is -3.09. The van der Waals surface area contributed by atoms with E-state index in [9.17, 15) is 0 Å². The Kier molecular flexibility index (Phi) is 6.27. The zero-order chi connectivity index (χ0) is 17.8. The molecule has 2 heteroatoms. The van der Waals surface area contributed by atoms with Gasteiger partial charge in [-0.1, -0.05) is 129 Å². The highest BCUT2D eigenvalue weighted by atomic mass is 28.3. The van der Waals surface area contributed by atoms with E-state index in [0.29, 0.717) is 0 Å². The minimum Gasteiger partial charge on any atom is -0.0675 e. The van der Waals surface area contributed by atoms with Crippen molar-refractivity contribution >= 4 is 31.7 Å². The molecule has 24 heavy (non-hydrogen) atoms. The van der Waals surface area contributed by atoms with Crippen LogP contribution in [0.5, 0.6) is 0 Å². The third-order valence-corrected chi connectivity index (χ3v) is 15.8. The zero-order valence-electron chi connectivity index (χ0n) is 16.4. The quantitative estimate of drug-likeness (QED) is 0.623. The van der Waals surface area contributed by atoms with E-state index in [-0.39, 0.29) is 0 Å². The smallest absolute Gasteiger partial charge is 0.0675 e. The van der Waals surface area contributed by atoms with Crippen molar-refractivity contribution in [1.82, 2.24) is 0 Å². The largest absolute Gasteiger partial charge is 0.114 e. The van der Waals surface area contributed by atoms with Gasteiger partial charge in [-0.2, -0.15) is 0 Å². The van der Waals surface area contributed by atoms with Crippen molar-refractivity contribution in [3.05, 3.63) is 54.6 Å². The average Bonchev–Trinajstić information content (AvgIpc) is 2.61. The minimum atomic E-state index is -1.66. The molecule has 0 radical (unpaired) electrons. The molecule has 2 atom stereocenters. The van der Waals surface area contributed by atoms with Crippen LogP contribution in [0.25, 0.3) is 0 Å². The van der Waals surface area contributed by atoms with Gasteiger partial charge in [0.2, 0.25) is 0 Å². The molecular formula is C22H34Si2. The highest BCUT2D eigenvalue weighted by Crippen LogP contribution is 2.22. The molecule has 0 amide bonds. The number of rotatable bonds is 7. The van der Waals surface area contributed by atoms with Gasteiger partial charge in [-0.3, -0.25) is 0 Å². The Labute approximate surface area is 151 Å². The van der Waals surface area contributed by atoms with Gasteiger partial charge < -0.3 is 0 Å². The Morgan fingerprint density at radius 3 is 1.79 bits per heavy atom. The lowest BCUT2D eigenvalue weighted by Crippen LogP contribution is -2.65. The minimum absolute atomic E-state index is 0.779. The molecule has 0 N–H and O–H groups in total. The predicted octanol–water partition coefficient (Wildman–Crippen LogP) is 4.86. The van der Waals surface area contributed by atoms with E-state index in [0.717, 1.165) is 5.92 Å². The van der Waals surface area contributed by atoms with Crippen molar-refractivity contribution in [1.29, 1.82) is 0 Å². The monoisotopic (exact) mass is 354 g/mol. The van der Waals surface area contributed by atoms with Crippen LogP contribution in [0.15, 0.2) is 54.6 Å². The Morgan fingerprint density at radius 2 is 1.29 bits per heavy atom. The molecular weight excluding hydrogens is 320 g/mol. The summed E-state index contributed by atoms with van der Waals surface area (Å²) in [5.74, 6) is 0.779. The van der Waals surface area contributed by atoms with E-state index < -0.39 is 16.1 Å². The summed E-state index contributed by atoms with van der Waals surface area (Å²) in [5, 5.41) is 5.02. The van der Waals surface area contributed by atoms with Crippen LogP contribution in [-0.4, -0.2) is 16.1 Å². The van der Waals surface area contributed by atoms with Crippen LogP contribution < -0.4 is 15.6 Å². The first kappa shape index (κ1) is 19.2. The van der Waals surface area contributed by atoms with Gasteiger partial charge in [-0.15, -0.1) is 0 Å². The molecule has 0 bridgehead atoms. The number of hydrogen-bond acceptors (Lipinski definition) is 0. The second-order valence-corrected chi connectivity index (χ2v) is 17.4. The van der Waals surface area contributed by atoms with Gasteiger partial charge in [-0.25, -0.2) is 0 Å². The molecule has 2 rings (SSSR count). The van der Waals surface area contributed by atoms with Crippen molar-refractivity contribution in [3.63, 3.8) is 0 Å². The molecule has 0 fully saturated rings. The Hall–Kier alpha value is -1.13. The van der Waals surface area contributed by atoms with Gasteiger partial charge in [0.05, 0.1) is 8.07 Å². The summed E-state index contributed by atoms with van der Waals surface area (Å²) >= 11 is 0. The summed E-state index contributed by atoms with van der Waals surface area (Å²) in [6, 6.07) is 24.8. The van der Waals surface area contributed by atoms with Crippen molar-refractivity contribution in [2.75, 3.05) is 0 Å². The maximum atomic E-state index is 2.61. The first-order valence-electron chi connectivity index (χ1n) is 9.53. The van der Waals surface area contributed by atoms with Gasteiger partial charge in [0.1, 0.15) is 8.07 Å². The fraction of sp³-hybridized carbons (Fsp3) is 0.455. The van der Waals surface area contributed by atoms with Crippen molar-refractivity contribution in [3.8, 4) is 0 Å². The lowest BCUT2D eigenvalue weighted by molar-refractivity contribution is 0.720. The van der Waals surface area contributed by atoms with Gasteiger partial charge >= 0.3 is 0 Å². The lowest BCUT2D eigenvalue weighted by atomic mass is 10.3. The van der Waals surface area contributed by atoms with E-state index >= 15 is 0 Å². The van der Waals surface area contributed by atoms with E-state index in [1.807, 2.05) is 0 Å². The molecule has 0 aliphatic carbocycles. The molecule has 0 heterocycles. The van der Waals surface area contributed by atoms with Crippen LogP contribution in [0.1, 0.15) is 27.7 Å². The van der Waals surface area contributed by atoms with E-state index in [1.54, 1.807) is 15.6 Å². The SMILES string of the molecule is CC[Si@@](C)(CC(C)C)c1ccccc1[Si@](C)(CC)c1ccccc1. The average molecular weight is 355 g/mol. The fourth-order valence-electron chi connectivity index (χ4n) is 4.19. The molecule has 2 aromatic carbocycles. The number of benzene rings is 2. The molecule has 0 unspecified atom stereocenters. The predicted molar refractivity (Wildman–Crippen MR) is 116 cm³/mol. The zero-order valence-corrected chi connectivity index (χ0v) is 18.4. The highest BCUT2D eigenvalue weighted by Gasteiger charge is 2.37. The molecule has 0 saturated heterocycles. The fourth-order valence-corrected chi connectivity index (χ4v) is 13.0. The highest BCUT2D eigenvalue weighted by molar-refractivity contribution is 7.06. The molecule has 0 nitrogen and oxygen atoms in total. The Balaban J connectivity index is 2.63. The van der Waals surface area contributed by atoms with Gasteiger partial charge in [-0.05, 0) is 5.92 Å². The van der Waals surface area contributed by atoms with Crippen LogP contribution in [0.3, 0.4) is 0 Å². The van der Waals surface area contributed by atoms with Gasteiger partial charge in [0, 0.05) is 0 Å². The Morgan fingerprint density at radius 1 is 0.750 bits per heavy atom. The van der Waals surface area contributed by atoms with E-state index in [2.05, 4.69) is 95.4 Å². The second kappa shape index (κ2) is 7.84. The summed E-state index contributed by atoms with van der Waals surface area (Å²) in [6.45, 7) is 14.8. The van der Waals surface area contributed by atoms with Crippen LogP contribution in [0.4, 0.5) is 0 Å². The van der Waals surface area contributed by atoms with E-state index in [1.165, 1.54) is 18.1 Å². The molecule has 130 valence electrons. The third kappa shape index (κ3) is 3.75. The van der Waals surface area contributed by atoms with Crippen molar-refractivity contribution < 1.29 is 0 Å². The lowest BCUT2D eigenvalue weighted by Gasteiger charge is -2.37. The van der Waals surface area contributed by atoms with Crippen LogP contribution >= 0.6 is 0 Å². The van der Waals surface area contributed by atoms with Crippen LogP contribution in [0, 0.1) is 5.92 Å². The van der Waals surface area contributed by atoms with Crippen molar-refractivity contribution in [2.45, 2.75) is 58.9 Å². The number of hydrogen-bond donors (Lipinski definition) is 0. The molecule has 0 aromatic heterocycles. The molecule has 0 saturated carbocycles. The normalized spacial score (nSPS) is 16.6. The topological polar surface area (TPSA) is 0 Å². The van der Waals surface area contributed by atoms with E-state index in [4.69, 9.17) is 0 Å². The maximum absolute atomic E-state index is 2.61. The summed E-state index contributed by atoms with van der Waals surface area (Å²) < 4.78 is 0. The molecule has 0 spiro atoms. The molecule has 0 aliphatic rings. The Bertz CT molecular complexity index is 650.